The zero-order valence-corrected chi connectivity index (χ0v) is 40.2. The van der Waals surface area contributed by atoms with Crippen molar-refractivity contribution in [3.63, 3.8) is 0 Å². The van der Waals surface area contributed by atoms with Crippen LogP contribution in [0.2, 0.25) is 0 Å². The molecule has 67 heavy (non-hydrogen) atoms. The van der Waals surface area contributed by atoms with E-state index in [0.29, 0.717) is 37.1 Å². The van der Waals surface area contributed by atoms with Gasteiger partial charge >= 0.3 is 11.9 Å². The fourth-order valence-corrected chi connectivity index (χ4v) is 12.1. The van der Waals surface area contributed by atoms with Crippen LogP contribution >= 0.6 is 11.3 Å². The molecule has 0 aliphatic rings. The maximum Gasteiger partial charge on any atom is 0.335 e. The lowest BCUT2D eigenvalue weighted by molar-refractivity contribution is 0.0686. The Labute approximate surface area is 396 Å². The lowest BCUT2D eigenvalue weighted by Gasteiger charge is -2.23. The van der Waals surface area contributed by atoms with E-state index in [4.69, 9.17) is 0 Å². The molecule has 0 atom stereocenters. The molecule has 4 N–H and O–H groups in total. The highest BCUT2D eigenvalue weighted by molar-refractivity contribution is 7.95. The summed E-state index contributed by atoms with van der Waals surface area (Å²) >= 11 is 0.832. The van der Waals surface area contributed by atoms with Gasteiger partial charge in [0.15, 0.2) is 0 Å². The number of carboxylic acid groups (broad SMARTS) is 2. The van der Waals surface area contributed by atoms with E-state index in [1.165, 1.54) is 23.6 Å². The molecule has 0 fully saturated rings. The van der Waals surface area contributed by atoms with Crippen LogP contribution < -0.4 is 9.44 Å². The SMILES string of the molecule is CCC(C)(C)c1ccc(S(=O)(=O)Nc2ccccc2CCc2cccc(C(=O)O)c2)cc1.O=C(O)c1cccc(CCc2ccccc2NS(=O)(=O)c2cc(S(=O)(=O)c3ccccc3)cs2)c1. The molecule has 348 valence electrons. The Balaban J connectivity index is 0.000000222. The molecule has 1 aromatic heterocycles. The molecular weight excluding hydrogens is 929 g/mol. The van der Waals surface area contributed by atoms with Crippen LogP contribution in [0.5, 0.6) is 0 Å². The molecule has 6 aromatic carbocycles. The van der Waals surface area contributed by atoms with E-state index in [0.717, 1.165) is 51.6 Å². The lowest BCUT2D eigenvalue weighted by atomic mass is 9.82. The van der Waals surface area contributed by atoms with Crippen molar-refractivity contribution in [1.82, 2.24) is 0 Å². The van der Waals surface area contributed by atoms with Crippen molar-refractivity contribution in [2.24, 2.45) is 0 Å². The molecule has 16 heteroatoms. The fourth-order valence-electron chi connectivity index (χ4n) is 6.96. The number of para-hydroxylation sites is 2. The van der Waals surface area contributed by atoms with Gasteiger partial charge in [-0.3, -0.25) is 9.44 Å². The van der Waals surface area contributed by atoms with Crippen molar-refractivity contribution in [2.45, 2.75) is 77.2 Å². The van der Waals surface area contributed by atoms with E-state index >= 15 is 0 Å². The number of anilines is 2. The number of aromatic carboxylic acids is 2. The van der Waals surface area contributed by atoms with Crippen LogP contribution in [0, 0.1) is 0 Å². The van der Waals surface area contributed by atoms with Gasteiger partial charge in [-0.15, -0.1) is 11.3 Å². The first-order valence-corrected chi connectivity index (χ1v) is 26.5. The van der Waals surface area contributed by atoms with Gasteiger partial charge in [-0.25, -0.2) is 34.8 Å². The molecule has 1 heterocycles. The predicted molar refractivity (Wildman–Crippen MR) is 262 cm³/mol. The number of aryl methyl sites for hydroxylation is 4. The van der Waals surface area contributed by atoms with Crippen molar-refractivity contribution in [2.75, 3.05) is 9.44 Å². The third kappa shape index (κ3) is 12.9. The Bertz CT molecular complexity index is 3210. The molecule has 0 saturated heterocycles. The Morgan fingerprint density at radius 3 is 1.49 bits per heavy atom. The summed E-state index contributed by atoms with van der Waals surface area (Å²) in [5.74, 6) is -1.97. The van der Waals surface area contributed by atoms with Gasteiger partial charge in [-0.05, 0) is 132 Å². The van der Waals surface area contributed by atoms with Gasteiger partial charge in [0.25, 0.3) is 20.0 Å². The highest BCUT2D eigenvalue weighted by Crippen LogP contribution is 2.31. The second-order valence-electron chi connectivity index (χ2n) is 16.2. The number of sulfone groups is 1. The number of rotatable bonds is 18. The molecule has 0 bridgehead atoms. The average Bonchev–Trinajstić information content (AvgIpc) is 3.85. The number of hydrogen-bond donors (Lipinski definition) is 4. The number of carbonyl (C=O) groups is 2. The number of sulfonamides is 2. The number of carboxylic acids is 2. The Morgan fingerprint density at radius 1 is 0.522 bits per heavy atom. The van der Waals surface area contributed by atoms with Crippen molar-refractivity contribution in [3.05, 3.63) is 202 Å². The Hall–Kier alpha value is -6.59. The van der Waals surface area contributed by atoms with E-state index in [1.54, 1.807) is 97.1 Å². The summed E-state index contributed by atoms with van der Waals surface area (Å²) < 4.78 is 83.0. The van der Waals surface area contributed by atoms with Gasteiger partial charge in [0.1, 0.15) is 4.21 Å². The summed E-state index contributed by atoms with van der Waals surface area (Å²) in [5, 5.41) is 19.7. The molecule has 0 amide bonds. The standard InChI is InChI=1S/C26H29NO4S.C25H21NO6S3/c1-4-26(2,3)22-14-16-23(17-15-22)32(30,31)27-24-11-6-5-9-20(24)13-12-19-8-7-10-21(18-19)25(28)29;27-25(28)20-9-6-7-18(15-20)13-14-19-8-4-5-12-23(19)26-35(31,32)24-16-22(17-33-24)34(29,30)21-10-2-1-3-11-21/h5-11,14-18,27H,4,12-13H2,1-3H3,(H,28,29);1-12,15-17,26H,13-14H2,(H,27,28). The Morgan fingerprint density at radius 2 is 1.00 bits per heavy atom. The molecular formula is C51H50N2O10S4. The van der Waals surface area contributed by atoms with Crippen molar-refractivity contribution in [1.29, 1.82) is 0 Å². The maximum atomic E-state index is 13.1. The van der Waals surface area contributed by atoms with E-state index in [-0.39, 0.29) is 35.4 Å². The summed E-state index contributed by atoms with van der Waals surface area (Å²) in [6.07, 6.45) is 3.12. The number of benzene rings is 6. The van der Waals surface area contributed by atoms with Crippen molar-refractivity contribution < 1.29 is 45.1 Å². The summed E-state index contributed by atoms with van der Waals surface area (Å²) in [4.78, 5) is 22.6. The normalized spacial score (nSPS) is 11.8. The minimum absolute atomic E-state index is 0.0136. The van der Waals surface area contributed by atoms with Crippen LogP contribution in [0.25, 0.3) is 0 Å². The number of thiophene rings is 1. The van der Waals surface area contributed by atoms with Crippen molar-refractivity contribution in [3.8, 4) is 0 Å². The van der Waals surface area contributed by atoms with Gasteiger partial charge in [0, 0.05) is 5.38 Å². The van der Waals surface area contributed by atoms with Crippen LogP contribution in [0.4, 0.5) is 11.4 Å². The largest absolute Gasteiger partial charge is 0.478 e. The van der Waals surface area contributed by atoms with E-state index in [1.807, 2.05) is 36.4 Å². The van der Waals surface area contributed by atoms with Crippen LogP contribution in [-0.2, 0) is 61.0 Å². The minimum atomic E-state index is -4.03. The highest BCUT2D eigenvalue weighted by atomic mass is 32.2. The first-order chi connectivity index (χ1) is 31.8. The zero-order chi connectivity index (χ0) is 48.4. The molecule has 7 rings (SSSR count). The second-order valence-corrected chi connectivity index (χ2v) is 22.7. The number of hydrogen-bond acceptors (Lipinski definition) is 9. The molecule has 0 saturated carbocycles. The summed E-state index contributed by atoms with van der Waals surface area (Å²) in [5.41, 5.74) is 5.70. The summed E-state index contributed by atoms with van der Waals surface area (Å²) in [6.45, 7) is 6.38. The van der Waals surface area contributed by atoms with E-state index in [2.05, 4.69) is 30.2 Å². The van der Waals surface area contributed by atoms with Gasteiger partial charge < -0.3 is 10.2 Å². The summed E-state index contributed by atoms with van der Waals surface area (Å²) in [7, 11) is -11.6. The number of nitrogens with one attached hydrogen (secondary N) is 2. The van der Waals surface area contributed by atoms with E-state index in [9.17, 15) is 45.1 Å². The molecule has 0 spiro atoms. The van der Waals surface area contributed by atoms with Crippen LogP contribution in [-0.4, -0.2) is 47.4 Å². The van der Waals surface area contributed by atoms with E-state index < -0.39 is 41.8 Å². The molecule has 0 aliphatic carbocycles. The highest BCUT2D eigenvalue weighted by Gasteiger charge is 2.25. The molecule has 0 unspecified atom stereocenters. The molecule has 7 aromatic rings. The fraction of sp³-hybridized carbons (Fsp3) is 0.176. The van der Waals surface area contributed by atoms with Crippen LogP contribution in [0.15, 0.2) is 182 Å². The minimum Gasteiger partial charge on any atom is -0.478 e. The van der Waals surface area contributed by atoms with Gasteiger partial charge in [-0.2, -0.15) is 0 Å². The van der Waals surface area contributed by atoms with Crippen molar-refractivity contribution >= 4 is 64.5 Å². The van der Waals surface area contributed by atoms with Gasteiger partial charge in [-0.1, -0.05) is 112 Å². The van der Waals surface area contributed by atoms with Crippen LogP contribution in [0.3, 0.4) is 0 Å². The Kier molecular flexibility index (Phi) is 15.9. The quantitative estimate of drug-likeness (QED) is 0.0641. The van der Waals surface area contributed by atoms with Gasteiger partial charge in [0.2, 0.25) is 9.84 Å². The first-order valence-electron chi connectivity index (χ1n) is 21.1. The second kappa shape index (κ2) is 21.4. The zero-order valence-electron chi connectivity index (χ0n) is 36.9. The lowest BCUT2D eigenvalue weighted by Crippen LogP contribution is -2.17. The van der Waals surface area contributed by atoms with Crippen LogP contribution in [0.1, 0.15) is 75.7 Å². The molecule has 0 aliphatic heterocycles. The monoisotopic (exact) mass is 978 g/mol. The smallest absolute Gasteiger partial charge is 0.335 e. The molecule has 12 nitrogen and oxygen atoms in total. The van der Waals surface area contributed by atoms with Gasteiger partial charge in [0.05, 0.1) is 37.2 Å². The maximum absolute atomic E-state index is 13.1. The third-order valence-electron chi connectivity index (χ3n) is 11.2. The summed E-state index contributed by atoms with van der Waals surface area (Å²) in [6, 6.07) is 43.6. The topological polar surface area (TPSA) is 201 Å². The first kappa shape index (κ1) is 49.8. The average molecular weight is 979 g/mol. The predicted octanol–water partition coefficient (Wildman–Crippen LogP) is 10.5. The molecule has 0 radical (unpaired) electrons. The third-order valence-corrected chi connectivity index (χ3v) is 17.3.